The highest BCUT2D eigenvalue weighted by Crippen LogP contribution is 2.60. The first-order valence-corrected chi connectivity index (χ1v) is 10.2. The molecule has 0 unspecified atom stereocenters. The Bertz CT molecular complexity index is 650. The predicted octanol–water partition coefficient (Wildman–Crippen LogP) is 3.74. The molecule has 0 aromatic heterocycles. The van der Waals surface area contributed by atoms with Crippen LogP contribution in [0.3, 0.4) is 0 Å². The van der Waals surface area contributed by atoms with E-state index >= 15 is 0 Å². The minimum Gasteiger partial charge on any atom is -0.321 e. The third kappa shape index (κ3) is 2.21. The van der Waals surface area contributed by atoms with Gasteiger partial charge in [-0.05, 0) is 85.0 Å². The van der Waals surface area contributed by atoms with Gasteiger partial charge in [0.25, 0.3) is 0 Å². The van der Waals surface area contributed by atoms with E-state index in [2.05, 4.69) is 6.92 Å². The molecule has 0 spiro atoms. The Labute approximate surface area is 132 Å². The first-order valence-electron chi connectivity index (χ1n) is 8.57. The number of aryl methyl sites for hydroxylation is 1. The van der Waals surface area contributed by atoms with E-state index in [1.54, 1.807) is 12.1 Å². The van der Waals surface area contributed by atoms with Crippen molar-refractivity contribution in [3.63, 3.8) is 0 Å². The summed E-state index contributed by atoms with van der Waals surface area (Å²) in [6.45, 7) is 2.49. The molecule has 4 rings (SSSR count). The highest BCUT2D eigenvalue weighted by atomic mass is 31.2. The van der Waals surface area contributed by atoms with E-state index in [1.165, 1.54) is 49.7 Å². The van der Waals surface area contributed by atoms with Gasteiger partial charge >= 0.3 is 7.60 Å². The van der Waals surface area contributed by atoms with Crippen LogP contribution in [-0.4, -0.2) is 9.79 Å². The molecule has 120 valence electrons. The van der Waals surface area contributed by atoms with Gasteiger partial charge in [0.15, 0.2) is 0 Å². The van der Waals surface area contributed by atoms with Crippen LogP contribution in [0.4, 0.5) is 0 Å². The van der Waals surface area contributed by atoms with Crippen molar-refractivity contribution in [2.45, 2.75) is 57.8 Å². The number of hydrogen-bond acceptors (Lipinski definition) is 1. The van der Waals surface area contributed by atoms with Crippen molar-refractivity contribution in [3.05, 3.63) is 29.3 Å². The van der Waals surface area contributed by atoms with Crippen LogP contribution in [0.15, 0.2) is 18.2 Å². The summed E-state index contributed by atoms with van der Waals surface area (Å²) >= 11 is 0. The molecule has 2 N–H and O–H groups in total. The molecule has 1 aromatic carbocycles. The van der Waals surface area contributed by atoms with E-state index in [0.29, 0.717) is 11.3 Å². The van der Waals surface area contributed by atoms with Crippen molar-refractivity contribution < 1.29 is 14.4 Å². The lowest BCUT2D eigenvalue weighted by atomic mass is 9.56. The summed E-state index contributed by atoms with van der Waals surface area (Å²) in [5.74, 6) is 2.27. The Hall–Kier alpha value is -0.630. The number of fused-ring (bicyclic) bond motifs is 5. The van der Waals surface area contributed by atoms with Crippen LogP contribution in [0.1, 0.15) is 62.5 Å². The topological polar surface area (TPSA) is 57.5 Å². The van der Waals surface area contributed by atoms with E-state index in [0.717, 1.165) is 18.3 Å². The Kier molecular flexibility index (Phi) is 3.35. The molecule has 3 nitrogen and oxygen atoms in total. The summed E-state index contributed by atoms with van der Waals surface area (Å²) in [6, 6.07) is 5.44. The van der Waals surface area contributed by atoms with Gasteiger partial charge in [-0.1, -0.05) is 19.4 Å². The Morgan fingerprint density at radius 1 is 1.18 bits per heavy atom. The van der Waals surface area contributed by atoms with Crippen molar-refractivity contribution in [2.75, 3.05) is 0 Å². The summed E-state index contributed by atoms with van der Waals surface area (Å²) in [5.41, 5.74) is 3.12. The predicted molar refractivity (Wildman–Crippen MR) is 87.4 cm³/mol. The maximum Gasteiger partial charge on any atom is 0.356 e. The van der Waals surface area contributed by atoms with Crippen LogP contribution in [0.5, 0.6) is 0 Å². The molecule has 3 aliphatic carbocycles. The fourth-order valence-electron chi connectivity index (χ4n) is 5.74. The van der Waals surface area contributed by atoms with E-state index in [9.17, 15) is 14.4 Å². The molecule has 0 radical (unpaired) electrons. The van der Waals surface area contributed by atoms with Crippen molar-refractivity contribution >= 4 is 12.9 Å². The van der Waals surface area contributed by atoms with Gasteiger partial charge < -0.3 is 9.79 Å². The summed E-state index contributed by atoms with van der Waals surface area (Å²) in [6.07, 6.45) is 8.91. The first kappa shape index (κ1) is 14.9. The number of benzene rings is 1. The van der Waals surface area contributed by atoms with Gasteiger partial charge in [-0.3, -0.25) is 4.57 Å². The maximum atomic E-state index is 11.5. The third-order valence-electron chi connectivity index (χ3n) is 6.83. The van der Waals surface area contributed by atoms with Crippen LogP contribution in [0.2, 0.25) is 0 Å². The lowest BCUT2D eigenvalue weighted by Gasteiger charge is -2.49. The zero-order valence-electron chi connectivity index (χ0n) is 13.2. The van der Waals surface area contributed by atoms with Crippen molar-refractivity contribution in [1.29, 1.82) is 0 Å². The zero-order chi connectivity index (χ0) is 15.5. The third-order valence-corrected chi connectivity index (χ3v) is 7.78. The average Bonchev–Trinajstić information content (AvgIpc) is 2.87. The molecule has 1 aromatic rings. The number of rotatable bonds is 1. The standard InChI is InChI=1S/C18H25O3P/c1-18-9-2-3-17(18)16-6-4-12-11-13(22(19,20)21)5-7-14(12)15(16)8-10-18/h5,7,11,15-17H,2-4,6,8-10H2,1H3,(H2,19,20,21)/t15-,16-,17+,18+/m1/s1. The van der Waals surface area contributed by atoms with Gasteiger partial charge in [-0.25, -0.2) is 0 Å². The summed E-state index contributed by atoms with van der Waals surface area (Å²) in [5, 5.41) is 0.186. The van der Waals surface area contributed by atoms with Crippen LogP contribution < -0.4 is 5.30 Å². The molecule has 4 heteroatoms. The second-order valence-corrected chi connectivity index (χ2v) is 9.53. The smallest absolute Gasteiger partial charge is 0.321 e. The fraction of sp³-hybridized carbons (Fsp3) is 0.667. The lowest BCUT2D eigenvalue weighted by Crippen LogP contribution is -2.39. The Morgan fingerprint density at radius 3 is 2.77 bits per heavy atom. The highest BCUT2D eigenvalue weighted by molar-refractivity contribution is 7.60. The fourth-order valence-corrected chi connectivity index (χ4v) is 6.34. The average molecular weight is 320 g/mol. The zero-order valence-corrected chi connectivity index (χ0v) is 14.1. The normalized spacial score (nSPS) is 37.3. The molecule has 0 saturated heterocycles. The second kappa shape index (κ2) is 4.93. The summed E-state index contributed by atoms with van der Waals surface area (Å²) in [7, 11) is -4.13. The molecule has 4 atom stereocenters. The monoisotopic (exact) mass is 320 g/mol. The van der Waals surface area contributed by atoms with Gasteiger partial charge in [0.1, 0.15) is 0 Å². The maximum absolute atomic E-state index is 11.5. The molecule has 0 amide bonds. The summed E-state index contributed by atoms with van der Waals surface area (Å²) in [4.78, 5) is 18.8. The minimum atomic E-state index is -4.13. The van der Waals surface area contributed by atoms with Crippen molar-refractivity contribution in [1.82, 2.24) is 0 Å². The molecule has 0 aliphatic heterocycles. The molecular weight excluding hydrogens is 295 g/mol. The molecule has 0 bridgehead atoms. The van der Waals surface area contributed by atoms with Gasteiger partial charge in [0, 0.05) is 0 Å². The van der Waals surface area contributed by atoms with Crippen LogP contribution in [-0.2, 0) is 11.0 Å². The van der Waals surface area contributed by atoms with Gasteiger partial charge in [-0.15, -0.1) is 0 Å². The van der Waals surface area contributed by atoms with Crippen LogP contribution in [0, 0.1) is 17.3 Å². The summed E-state index contributed by atoms with van der Waals surface area (Å²) < 4.78 is 11.5. The van der Waals surface area contributed by atoms with Crippen LogP contribution >= 0.6 is 7.60 Å². The van der Waals surface area contributed by atoms with Crippen molar-refractivity contribution in [3.8, 4) is 0 Å². The van der Waals surface area contributed by atoms with E-state index < -0.39 is 7.60 Å². The highest BCUT2D eigenvalue weighted by Gasteiger charge is 2.50. The molecular formula is C18H25O3P. The van der Waals surface area contributed by atoms with Crippen molar-refractivity contribution in [2.24, 2.45) is 17.3 Å². The molecule has 0 heterocycles. The van der Waals surface area contributed by atoms with Gasteiger partial charge in [-0.2, -0.15) is 0 Å². The molecule has 2 fully saturated rings. The molecule has 3 aliphatic rings. The quantitative estimate of drug-likeness (QED) is 0.775. The SMILES string of the molecule is C[C@@]12CCC[C@H]1[C@@H]1CCc3cc(P(=O)(O)O)ccc3[C@H]1CC2. The van der Waals surface area contributed by atoms with Crippen LogP contribution in [0.25, 0.3) is 0 Å². The van der Waals surface area contributed by atoms with E-state index in [1.807, 2.05) is 6.07 Å². The van der Waals surface area contributed by atoms with E-state index in [4.69, 9.17) is 0 Å². The minimum absolute atomic E-state index is 0.186. The lowest BCUT2D eigenvalue weighted by molar-refractivity contribution is 0.0599. The Morgan fingerprint density at radius 2 is 2.00 bits per heavy atom. The largest absolute Gasteiger partial charge is 0.356 e. The number of hydrogen-bond donors (Lipinski definition) is 2. The van der Waals surface area contributed by atoms with Gasteiger partial charge in [0.05, 0.1) is 5.30 Å². The molecule has 2 saturated carbocycles. The van der Waals surface area contributed by atoms with Gasteiger partial charge in [0.2, 0.25) is 0 Å². The Balaban J connectivity index is 1.70. The first-order chi connectivity index (χ1) is 10.4. The molecule has 22 heavy (non-hydrogen) atoms. The van der Waals surface area contributed by atoms with E-state index in [-0.39, 0.29) is 5.30 Å². The second-order valence-electron chi connectivity index (χ2n) is 7.93.